The number of carbonyl (C=O) groups excluding carboxylic acids is 1. The van der Waals surface area contributed by atoms with Crippen LogP contribution in [-0.2, 0) is 17.9 Å². The van der Waals surface area contributed by atoms with Gasteiger partial charge in [-0.3, -0.25) is 9.69 Å². The molecule has 0 radical (unpaired) electrons. The maximum Gasteiger partial charge on any atom is 0.143 e. The number of hydrogen-bond donors (Lipinski definition) is 3. The third-order valence-corrected chi connectivity index (χ3v) is 6.57. The van der Waals surface area contributed by atoms with Crippen LogP contribution < -0.4 is 5.32 Å². The number of benzene rings is 3. The Balaban J connectivity index is 1.29. The molecule has 0 aliphatic carbocycles. The zero-order valence-corrected chi connectivity index (χ0v) is 22.2. The zero-order chi connectivity index (χ0) is 26.5. The molecule has 0 fully saturated rings. The van der Waals surface area contributed by atoms with Crippen LogP contribution in [0.4, 0.5) is 0 Å². The van der Waals surface area contributed by atoms with E-state index < -0.39 is 0 Å². The van der Waals surface area contributed by atoms with Crippen molar-refractivity contribution in [1.29, 1.82) is 0 Å². The Morgan fingerprint density at radius 2 is 1.39 bits per heavy atom. The van der Waals surface area contributed by atoms with E-state index in [2.05, 4.69) is 92.8 Å². The first-order valence-corrected chi connectivity index (χ1v) is 13.1. The summed E-state index contributed by atoms with van der Waals surface area (Å²) in [5.41, 5.74) is 6.56. The van der Waals surface area contributed by atoms with E-state index in [-0.39, 0.29) is 5.78 Å². The van der Waals surface area contributed by atoms with E-state index in [1.807, 2.05) is 24.3 Å². The van der Waals surface area contributed by atoms with E-state index in [0.29, 0.717) is 13.1 Å². The van der Waals surface area contributed by atoms with Gasteiger partial charge in [0.2, 0.25) is 0 Å². The minimum Gasteiger partial charge on any atom is -0.341 e. The van der Waals surface area contributed by atoms with E-state index in [1.54, 1.807) is 6.92 Å². The molecule has 5 rings (SSSR count). The van der Waals surface area contributed by atoms with Gasteiger partial charge in [0.1, 0.15) is 17.4 Å². The summed E-state index contributed by atoms with van der Waals surface area (Å²) in [4.78, 5) is 29.1. The number of fused-ring (bicyclic) bond motifs is 1. The van der Waals surface area contributed by atoms with Crippen LogP contribution in [0.25, 0.3) is 44.4 Å². The summed E-state index contributed by atoms with van der Waals surface area (Å²) in [6.07, 6.45) is 4.87. The summed E-state index contributed by atoms with van der Waals surface area (Å²) in [5.74, 6) is 1.95. The minimum absolute atomic E-state index is 0.145. The lowest BCUT2D eigenvalue weighted by molar-refractivity contribution is -0.117. The molecule has 38 heavy (non-hydrogen) atoms. The number of hydrogen-bond acceptors (Lipinski definition) is 5. The third kappa shape index (κ3) is 6.07. The molecule has 0 amide bonds. The van der Waals surface area contributed by atoms with Crippen molar-refractivity contribution in [3.8, 4) is 33.6 Å². The van der Waals surface area contributed by atoms with Gasteiger partial charge in [-0.2, -0.15) is 0 Å². The summed E-state index contributed by atoms with van der Waals surface area (Å²) in [5, 5.41) is 5.78. The SMILES string of the molecule is CCCNCc1ncc(-c2ccc3cc(-c4ccc(-c5cnc(CN(C)CC(C)=O)[nH]5)cc4)ccc3c2)[nH]1. The maximum atomic E-state index is 11.3. The molecule has 0 spiro atoms. The van der Waals surface area contributed by atoms with Gasteiger partial charge in [0.25, 0.3) is 0 Å². The number of likely N-dealkylation sites (N-methyl/N-ethyl adjacent to an activating group) is 1. The van der Waals surface area contributed by atoms with Crippen molar-refractivity contribution in [2.45, 2.75) is 33.4 Å². The molecule has 0 aliphatic rings. The predicted octanol–water partition coefficient (Wildman–Crippen LogP) is 5.81. The maximum absolute atomic E-state index is 11.3. The van der Waals surface area contributed by atoms with Crippen LogP contribution in [0.1, 0.15) is 31.9 Å². The molecule has 7 nitrogen and oxygen atoms in total. The first-order valence-electron chi connectivity index (χ1n) is 13.1. The first kappa shape index (κ1) is 25.6. The number of carbonyl (C=O) groups is 1. The fourth-order valence-corrected chi connectivity index (χ4v) is 4.70. The van der Waals surface area contributed by atoms with Crippen LogP contribution in [0.15, 0.2) is 73.1 Å². The van der Waals surface area contributed by atoms with E-state index in [4.69, 9.17) is 0 Å². The van der Waals surface area contributed by atoms with Crippen molar-refractivity contribution in [3.05, 3.63) is 84.7 Å². The number of nitrogens with zero attached hydrogens (tertiary/aromatic N) is 3. The summed E-state index contributed by atoms with van der Waals surface area (Å²) in [6, 6.07) is 21.6. The molecule has 0 unspecified atom stereocenters. The Labute approximate surface area is 223 Å². The van der Waals surface area contributed by atoms with Gasteiger partial charge >= 0.3 is 0 Å². The van der Waals surface area contributed by atoms with Crippen LogP contribution in [0, 0.1) is 0 Å². The zero-order valence-electron chi connectivity index (χ0n) is 22.2. The summed E-state index contributed by atoms with van der Waals surface area (Å²) >= 11 is 0. The van der Waals surface area contributed by atoms with E-state index in [9.17, 15) is 4.79 Å². The monoisotopic (exact) mass is 506 g/mol. The number of aromatic amines is 2. The largest absolute Gasteiger partial charge is 0.341 e. The Morgan fingerprint density at radius 1 is 0.816 bits per heavy atom. The highest BCUT2D eigenvalue weighted by Gasteiger charge is 2.09. The lowest BCUT2D eigenvalue weighted by Crippen LogP contribution is -2.24. The minimum atomic E-state index is 0.145. The third-order valence-electron chi connectivity index (χ3n) is 6.57. The van der Waals surface area contributed by atoms with Crippen LogP contribution in [0.5, 0.6) is 0 Å². The van der Waals surface area contributed by atoms with E-state index in [0.717, 1.165) is 53.7 Å². The van der Waals surface area contributed by atoms with Crippen LogP contribution >= 0.6 is 0 Å². The molecular weight excluding hydrogens is 472 g/mol. The van der Waals surface area contributed by atoms with Crippen molar-refractivity contribution < 1.29 is 4.79 Å². The fraction of sp³-hybridized carbons (Fsp3) is 0.258. The van der Waals surface area contributed by atoms with Crippen molar-refractivity contribution in [2.75, 3.05) is 20.1 Å². The lowest BCUT2D eigenvalue weighted by atomic mass is 9.98. The Kier molecular flexibility index (Phi) is 7.77. The summed E-state index contributed by atoms with van der Waals surface area (Å²) < 4.78 is 0. The molecule has 0 atom stereocenters. The van der Waals surface area contributed by atoms with Gasteiger partial charge in [0.15, 0.2) is 0 Å². The Morgan fingerprint density at radius 3 is 2.11 bits per heavy atom. The number of Topliss-reactive ketones (excluding diaryl/α,β-unsaturated/α-hetero) is 1. The molecule has 194 valence electrons. The second kappa shape index (κ2) is 11.5. The molecule has 2 aromatic heterocycles. The van der Waals surface area contributed by atoms with Gasteiger partial charge < -0.3 is 15.3 Å². The molecule has 5 aromatic rings. The highest BCUT2D eigenvalue weighted by atomic mass is 16.1. The lowest BCUT2D eigenvalue weighted by Gasteiger charge is -2.12. The molecule has 3 aromatic carbocycles. The predicted molar refractivity (Wildman–Crippen MR) is 154 cm³/mol. The Bertz CT molecular complexity index is 1530. The fourth-order valence-electron chi connectivity index (χ4n) is 4.70. The normalized spacial score (nSPS) is 11.5. The number of imidazole rings is 2. The average molecular weight is 507 g/mol. The van der Waals surface area contributed by atoms with Crippen molar-refractivity contribution in [1.82, 2.24) is 30.2 Å². The molecule has 7 heteroatoms. The number of ketones is 1. The highest BCUT2D eigenvalue weighted by Crippen LogP contribution is 2.29. The van der Waals surface area contributed by atoms with Crippen molar-refractivity contribution in [3.63, 3.8) is 0 Å². The van der Waals surface area contributed by atoms with Gasteiger partial charge in [0, 0.05) is 5.56 Å². The molecule has 3 N–H and O–H groups in total. The second-order valence-electron chi connectivity index (χ2n) is 9.89. The topological polar surface area (TPSA) is 89.7 Å². The molecule has 0 aliphatic heterocycles. The smallest absolute Gasteiger partial charge is 0.143 e. The number of nitrogens with one attached hydrogen (secondary N) is 3. The molecule has 0 saturated heterocycles. The van der Waals surface area contributed by atoms with Crippen molar-refractivity contribution >= 4 is 16.6 Å². The summed E-state index contributed by atoms with van der Waals surface area (Å²) in [6.45, 7) is 6.52. The van der Waals surface area contributed by atoms with Gasteiger partial charge in [-0.15, -0.1) is 0 Å². The molecule has 0 saturated carbocycles. The number of rotatable bonds is 11. The highest BCUT2D eigenvalue weighted by molar-refractivity contribution is 5.90. The molecular formula is C31H34N6O. The van der Waals surface area contributed by atoms with E-state index in [1.165, 1.54) is 21.9 Å². The van der Waals surface area contributed by atoms with Gasteiger partial charge in [-0.05, 0) is 66.5 Å². The number of aromatic nitrogens is 4. The van der Waals surface area contributed by atoms with Crippen LogP contribution in [-0.4, -0.2) is 50.8 Å². The Hall–Kier alpha value is -4.07. The molecule has 0 bridgehead atoms. The molecule has 2 heterocycles. The van der Waals surface area contributed by atoms with Crippen LogP contribution in [0.3, 0.4) is 0 Å². The second-order valence-corrected chi connectivity index (χ2v) is 9.89. The van der Waals surface area contributed by atoms with E-state index >= 15 is 0 Å². The standard InChI is InChI=1S/C31H34N6O/c1-4-13-32-18-30-33-17-29(35-30)27-12-11-25-14-24(9-10-26(25)15-27)22-5-7-23(8-6-22)28-16-34-31(36-28)20-37(3)19-21(2)38/h5-12,14-17,32H,4,13,18-20H2,1-3H3,(H,33,35)(H,34,36). The van der Waals surface area contributed by atoms with Crippen LogP contribution in [0.2, 0.25) is 0 Å². The van der Waals surface area contributed by atoms with Gasteiger partial charge in [-0.25, -0.2) is 9.97 Å². The van der Waals surface area contributed by atoms with Gasteiger partial charge in [0.05, 0.1) is 43.4 Å². The quantitative estimate of drug-likeness (QED) is 0.197. The summed E-state index contributed by atoms with van der Waals surface area (Å²) in [7, 11) is 1.92. The van der Waals surface area contributed by atoms with Crippen molar-refractivity contribution in [2.24, 2.45) is 0 Å². The average Bonchev–Trinajstić information content (AvgIpc) is 3.58. The first-order chi connectivity index (χ1) is 18.5. The number of H-pyrrole nitrogens is 2. The van der Waals surface area contributed by atoms with Gasteiger partial charge in [-0.1, -0.05) is 55.5 Å².